The first-order valence-electron chi connectivity index (χ1n) is 5.89. The maximum absolute atomic E-state index is 13.1. The molecular formula is C14H15FO3. The van der Waals surface area contributed by atoms with Gasteiger partial charge in [0, 0.05) is 6.07 Å². The molecule has 1 aromatic carbocycles. The molecule has 2 rings (SSSR count). The summed E-state index contributed by atoms with van der Waals surface area (Å²) < 4.78 is 23.8. The SMILES string of the molecule is OCC#Cc1ccc(F)cc1OCOCC1CC1. The Morgan fingerprint density at radius 3 is 2.94 bits per heavy atom. The summed E-state index contributed by atoms with van der Waals surface area (Å²) in [6, 6.07) is 4.09. The van der Waals surface area contributed by atoms with Crippen molar-refractivity contribution < 1.29 is 19.0 Å². The lowest BCUT2D eigenvalue weighted by atomic mass is 10.2. The topological polar surface area (TPSA) is 38.7 Å². The van der Waals surface area contributed by atoms with Crippen LogP contribution < -0.4 is 4.74 Å². The fourth-order valence-electron chi connectivity index (χ4n) is 1.46. The molecule has 1 saturated carbocycles. The second kappa shape index (κ2) is 6.39. The van der Waals surface area contributed by atoms with E-state index in [1.165, 1.54) is 31.0 Å². The third-order valence-corrected chi connectivity index (χ3v) is 2.59. The Bertz CT molecular complexity index is 458. The van der Waals surface area contributed by atoms with Gasteiger partial charge in [-0.3, -0.25) is 0 Å². The number of rotatable bonds is 5. The minimum Gasteiger partial charge on any atom is -0.466 e. The zero-order valence-corrected chi connectivity index (χ0v) is 9.99. The lowest BCUT2D eigenvalue weighted by Crippen LogP contribution is -2.06. The van der Waals surface area contributed by atoms with Crippen LogP contribution in [-0.2, 0) is 4.74 Å². The van der Waals surface area contributed by atoms with E-state index >= 15 is 0 Å². The fraction of sp³-hybridized carbons (Fsp3) is 0.429. The average Bonchev–Trinajstić information content (AvgIpc) is 3.17. The Morgan fingerprint density at radius 1 is 1.39 bits per heavy atom. The summed E-state index contributed by atoms with van der Waals surface area (Å²) >= 11 is 0. The van der Waals surface area contributed by atoms with Crippen LogP contribution in [0.1, 0.15) is 18.4 Å². The molecule has 1 aliphatic carbocycles. The maximum Gasteiger partial charge on any atom is 0.189 e. The van der Waals surface area contributed by atoms with Crippen LogP contribution in [0.4, 0.5) is 4.39 Å². The molecule has 1 N–H and O–H groups in total. The van der Waals surface area contributed by atoms with Gasteiger partial charge in [-0.1, -0.05) is 11.8 Å². The summed E-state index contributed by atoms with van der Waals surface area (Å²) in [6.45, 7) is 0.537. The number of halogens is 1. The summed E-state index contributed by atoms with van der Waals surface area (Å²) in [6.07, 6.45) is 2.43. The van der Waals surface area contributed by atoms with Gasteiger partial charge in [0.2, 0.25) is 0 Å². The van der Waals surface area contributed by atoms with Crippen LogP contribution in [-0.4, -0.2) is 25.1 Å². The third kappa shape index (κ3) is 4.02. The van der Waals surface area contributed by atoms with Crippen LogP contribution in [0.2, 0.25) is 0 Å². The van der Waals surface area contributed by atoms with Crippen molar-refractivity contribution in [3.8, 4) is 17.6 Å². The van der Waals surface area contributed by atoms with Gasteiger partial charge in [-0.25, -0.2) is 4.39 Å². The molecule has 0 aliphatic heterocycles. The van der Waals surface area contributed by atoms with E-state index in [-0.39, 0.29) is 19.2 Å². The molecule has 0 bridgehead atoms. The molecule has 1 aromatic rings. The summed E-state index contributed by atoms with van der Waals surface area (Å²) in [5.74, 6) is 5.82. The van der Waals surface area contributed by atoms with Gasteiger partial charge >= 0.3 is 0 Å². The molecule has 0 spiro atoms. The van der Waals surface area contributed by atoms with Crippen molar-refractivity contribution in [2.24, 2.45) is 5.92 Å². The van der Waals surface area contributed by atoms with Crippen LogP contribution in [0.3, 0.4) is 0 Å². The van der Waals surface area contributed by atoms with Crippen molar-refractivity contribution in [1.29, 1.82) is 0 Å². The Morgan fingerprint density at radius 2 is 2.22 bits per heavy atom. The number of aliphatic hydroxyl groups is 1. The monoisotopic (exact) mass is 250 g/mol. The summed E-state index contributed by atoms with van der Waals surface area (Å²) in [7, 11) is 0. The van der Waals surface area contributed by atoms with E-state index in [1.807, 2.05) is 0 Å². The summed E-state index contributed by atoms with van der Waals surface area (Å²) in [4.78, 5) is 0. The number of aliphatic hydroxyl groups excluding tert-OH is 1. The van der Waals surface area contributed by atoms with Crippen LogP contribution in [0.5, 0.6) is 5.75 Å². The van der Waals surface area contributed by atoms with Crippen molar-refractivity contribution >= 4 is 0 Å². The smallest absolute Gasteiger partial charge is 0.189 e. The van der Waals surface area contributed by atoms with Crippen molar-refractivity contribution in [3.63, 3.8) is 0 Å². The van der Waals surface area contributed by atoms with Crippen LogP contribution in [0.15, 0.2) is 18.2 Å². The molecular weight excluding hydrogens is 235 g/mol. The summed E-state index contributed by atoms with van der Waals surface area (Å²) in [5, 5.41) is 8.64. The molecule has 0 saturated heterocycles. The highest BCUT2D eigenvalue weighted by atomic mass is 19.1. The standard InChI is InChI=1S/C14H15FO3/c15-13-6-5-12(2-1-7-16)14(8-13)18-10-17-9-11-3-4-11/h5-6,8,11,16H,3-4,7,9-10H2. The molecule has 0 atom stereocenters. The number of hydrogen-bond donors (Lipinski definition) is 1. The van der Waals surface area contributed by atoms with Gasteiger partial charge in [0.1, 0.15) is 18.2 Å². The lowest BCUT2D eigenvalue weighted by Gasteiger charge is -2.08. The van der Waals surface area contributed by atoms with Gasteiger partial charge in [0.25, 0.3) is 0 Å². The van der Waals surface area contributed by atoms with Gasteiger partial charge in [0.05, 0.1) is 12.2 Å². The predicted molar refractivity (Wildman–Crippen MR) is 64.5 cm³/mol. The third-order valence-electron chi connectivity index (χ3n) is 2.59. The Kier molecular flexibility index (Phi) is 4.57. The highest BCUT2D eigenvalue weighted by molar-refractivity contribution is 5.46. The first-order chi connectivity index (χ1) is 8.79. The molecule has 1 aliphatic rings. The molecule has 0 radical (unpaired) electrons. The number of benzene rings is 1. The molecule has 96 valence electrons. The van der Waals surface area contributed by atoms with Gasteiger partial charge in [-0.05, 0) is 30.9 Å². The first kappa shape index (κ1) is 12.9. The zero-order valence-electron chi connectivity index (χ0n) is 9.99. The Labute approximate surface area is 106 Å². The molecule has 0 heterocycles. The van der Waals surface area contributed by atoms with Crippen molar-refractivity contribution in [2.75, 3.05) is 20.0 Å². The van der Waals surface area contributed by atoms with Gasteiger partial charge in [-0.15, -0.1) is 0 Å². The zero-order chi connectivity index (χ0) is 12.8. The van der Waals surface area contributed by atoms with E-state index in [1.54, 1.807) is 0 Å². The average molecular weight is 250 g/mol. The molecule has 0 unspecified atom stereocenters. The normalized spacial score (nSPS) is 13.9. The van der Waals surface area contributed by atoms with E-state index in [4.69, 9.17) is 14.6 Å². The summed E-state index contributed by atoms with van der Waals surface area (Å²) in [5.41, 5.74) is 0.542. The van der Waals surface area contributed by atoms with Crippen molar-refractivity contribution in [1.82, 2.24) is 0 Å². The Hall–Kier alpha value is -1.57. The van der Waals surface area contributed by atoms with Crippen molar-refractivity contribution in [2.45, 2.75) is 12.8 Å². The molecule has 3 nitrogen and oxygen atoms in total. The quantitative estimate of drug-likeness (QED) is 0.493. The van der Waals surface area contributed by atoms with E-state index in [2.05, 4.69) is 11.8 Å². The predicted octanol–water partition coefficient (Wildman–Crippen LogP) is 1.93. The highest BCUT2D eigenvalue weighted by Crippen LogP contribution is 2.28. The van der Waals surface area contributed by atoms with Crippen LogP contribution in [0, 0.1) is 23.6 Å². The minimum atomic E-state index is -0.387. The van der Waals surface area contributed by atoms with E-state index in [0.29, 0.717) is 23.8 Å². The molecule has 4 heteroatoms. The minimum absolute atomic E-state index is 0.0910. The van der Waals surface area contributed by atoms with Crippen LogP contribution in [0.25, 0.3) is 0 Å². The van der Waals surface area contributed by atoms with E-state index in [9.17, 15) is 4.39 Å². The largest absolute Gasteiger partial charge is 0.466 e. The number of hydrogen-bond acceptors (Lipinski definition) is 3. The van der Waals surface area contributed by atoms with E-state index in [0.717, 1.165) is 0 Å². The maximum atomic E-state index is 13.1. The van der Waals surface area contributed by atoms with E-state index < -0.39 is 0 Å². The molecule has 1 fully saturated rings. The first-order valence-corrected chi connectivity index (χ1v) is 5.89. The van der Waals surface area contributed by atoms with Gasteiger partial charge < -0.3 is 14.6 Å². The molecule has 18 heavy (non-hydrogen) atoms. The lowest BCUT2D eigenvalue weighted by molar-refractivity contribution is 0.00968. The van der Waals surface area contributed by atoms with Crippen LogP contribution >= 0.6 is 0 Å². The fourth-order valence-corrected chi connectivity index (χ4v) is 1.46. The second-order valence-electron chi connectivity index (χ2n) is 4.18. The van der Waals surface area contributed by atoms with Gasteiger partial charge in [0.15, 0.2) is 6.79 Å². The molecule has 0 aromatic heterocycles. The van der Waals surface area contributed by atoms with Crippen molar-refractivity contribution in [3.05, 3.63) is 29.6 Å². The molecule has 0 amide bonds. The second-order valence-corrected chi connectivity index (χ2v) is 4.18. The number of ether oxygens (including phenoxy) is 2. The highest BCUT2D eigenvalue weighted by Gasteiger charge is 2.21. The Balaban J connectivity index is 1.92. The van der Waals surface area contributed by atoms with Gasteiger partial charge in [-0.2, -0.15) is 0 Å².